The van der Waals surface area contributed by atoms with Crippen molar-refractivity contribution < 1.29 is 0 Å². The molecule has 10 heavy (non-hydrogen) atoms. The summed E-state index contributed by atoms with van der Waals surface area (Å²) in [5.74, 6) is 0. The topological polar surface area (TPSA) is 15.3 Å². The van der Waals surface area contributed by atoms with Gasteiger partial charge in [-0.15, -0.1) is 0 Å². The zero-order valence-electron chi connectivity index (χ0n) is 7.06. The van der Waals surface area contributed by atoms with Crippen molar-refractivity contribution in [1.82, 2.24) is 10.2 Å². The van der Waals surface area contributed by atoms with Crippen LogP contribution in [0.4, 0.5) is 0 Å². The smallest absolute Gasteiger partial charge is 0.0232 e. The Morgan fingerprint density at radius 2 is 2.10 bits per heavy atom. The van der Waals surface area contributed by atoms with E-state index in [1.54, 1.807) is 0 Å². The Hall–Kier alpha value is -0.0800. The van der Waals surface area contributed by atoms with Crippen molar-refractivity contribution >= 4 is 0 Å². The first-order valence-electron chi connectivity index (χ1n) is 4.33. The van der Waals surface area contributed by atoms with Gasteiger partial charge in [-0.2, -0.15) is 0 Å². The van der Waals surface area contributed by atoms with Crippen molar-refractivity contribution in [1.29, 1.82) is 0 Å². The third kappa shape index (κ3) is 1.70. The minimum absolute atomic E-state index is 0.815. The third-order valence-corrected chi connectivity index (χ3v) is 2.36. The van der Waals surface area contributed by atoms with Gasteiger partial charge in [-0.3, -0.25) is 4.90 Å². The highest BCUT2D eigenvalue weighted by Crippen LogP contribution is 2.06. The molecule has 1 fully saturated rings. The van der Waals surface area contributed by atoms with E-state index in [0.717, 1.165) is 6.04 Å². The molecule has 0 saturated carbocycles. The number of nitrogens with zero attached hydrogens (tertiary/aromatic N) is 1. The van der Waals surface area contributed by atoms with Crippen molar-refractivity contribution in [2.24, 2.45) is 0 Å². The average molecular weight is 142 g/mol. The summed E-state index contributed by atoms with van der Waals surface area (Å²) in [5, 5.41) is 3.38. The Morgan fingerprint density at radius 1 is 1.40 bits per heavy atom. The quantitative estimate of drug-likeness (QED) is 0.623. The van der Waals surface area contributed by atoms with Crippen LogP contribution < -0.4 is 5.32 Å². The second-order valence-electron chi connectivity index (χ2n) is 2.87. The Labute approximate surface area is 63.6 Å². The van der Waals surface area contributed by atoms with Gasteiger partial charge >= 0.3 is 0 Å². The van der Waals surface area contributed by atoms with Crippen LogP contribution in [0.3, 0.4) is 0 Å². The van der Waals surface area contributed by atoms with Gasteiger partial charge in [-0.25, -0.2) is 0 Å². The fourth-order valence-corrected chi connectivity index (χ4v) is 1.69. The van der Waals surface area contributed by atoms with Gasteiger partial charge in [0.15, 0.2) is 0 Å². The highest BCUT2D eigenvalue weighted by molar-refractivity contribution is 4.78. The third-order valence-electron chi connectivity index (χ3n) is 2.36. The van der Waals surface area contributed by atoms with Crippen molar-refractivity contribution in [3.63, 3.8) is 0 Å². The molecule has 0 aromatic rings. The molecule has 1 N–H and O–H groups in total. The molecular weight excluding hydrogens is 124 g/mol. The Bertz CT molecular complexity index is 83.3. The van der Waals surface area contributed by atoms with E-state index < -0.39 is 0 Å². The van der Waals surface area contributed by atoms with Crippen LogP contribution in [-0.4, -0.2) is 37.1 Å². The summed E-state index contributed by atoms with van der Waals surface area (Å²) in [4.78, 5) is 2.53. The van der Waals surface area contributed by atoms with E-state index in [4.69, 9.17) is 0 Å². The molecular formula is C8H18N2. The van der Waals surface area contributed by atoms with Crippen LogP contribution in [0.1, 0.15) is 20.3 Å². The van der Waals surface area contributed by atoms with Crippen molar-refractivity contribution in [2.45, 2.75) is 26.3 Å². The molecule has 1 aliphatic heterocycles. The molecule has 0 radical (unpaired) electrons. The van der Waals surface area contributed by atoms with E-state index in [2.05, 4.69) is 24.1 Å². The molecule has 2 nitrogen and oxygen atoms in total. The van der Waals surface area contributed by atoms with E-state index in [0.29, 0.717) is 0 Å². The summed E-state index contributed by atoms with van der Waals surface area (Å²) in [6.45, 7) is 9.28. The van der Waals surface area contributed by atoms with Gasteiger partial charge in [0.1, 0.15) is 0 Å². The maximum atomic E-state index is 3.38. The fourth-order valence-electron chi connectivity index (χ4n) is 1.69. The minimum Gasteiger partial charge on any atom is -0.315 e. The van der Waals surface area contributed by atoms with Gasteiger partial charge < -0.3 is 5.32 Å². The first-order valence-corrected chi connectivity index (χ1v) is 4.33. The van der Waals surface area contributed by atoms with Gasteiger partial charge in [0.05, 0.1) is 0 Å². The average Bonchev–Trinajstić information content (AvgIpc) is 2.43. The zero-order valence-corrected chi connectivity index (χ0v) is 7.06. The van der Waals surface area contributed by atoms with Crippen molar-refractivity contribution in [2.75, 3.05) is 26.2 Å². The van der Waals surface area contributed by atoms with Crippen molar-refractivity contribution in [3.8, 4) is 0 Å². The lowest BCUT2D eigenvalue weighted by Crippen LogP contribution is -2.36. The second kappa shape index (κ2) is 3.94. The molecule has 0 amide bonds. The molecule has 0 aliphatic carbocycles. The molecule has 0 unspecified atom stereocenters. The minimum atomic E-state index is 0.815. The van der Waals surface area contributed by atoms with Crippen LogP contribution in [0.5, 0.6) is 0 Å². The Morgan fingerprint density at radius 3 is 2.50 bits per heavy atom. The molecule has 1 heterocycles. The van der Waals surface area contributed by atoms with Gasteiger partial charge in [0.25, 0.3) is 0 Å². The van der Waals surface area contributed by atoms with Crippen LogP contribution in [0.15, 0.2) is 0 Å². The molecule has 1 saturated heterocycles. The number of hydrogen-bond donors (Lipinski definition) is 1. The molecule has 60 valence electrons. The first kappa shape index (κ1) is 8.02. The normalized spacial score (nSPS) is 26.1. The predicted octanol–water partition coefficient (Wildman–Crippen LogP) is 0.690. The molecule has 2 heteroatoms. The summed E-state index contributed by atoms with van der Waals surface area (Å²) in [7, 11) is 0. The highest BCUT2D eigenvalue weighted by Gasteiger charge is 2.18. The molecule has 0 spiro atoms. The number of rotatable bonds is 3. The lowest BCUT2D eigenvalue weighted by molar-refractivity contribution is 0.231. The van der Waals surface area contributed by atoms with E-state index in [9.17, 15) is 0 Å². The maximum Gasteiger partial charge on any atom is 0.0232 e. The second-order valence-corrected chi connectivity index (χ2v) is 2.87. The predicted molar refractivity (Wildman–Crippen MR) is 44.2 cm³/mol. The monoisotopic (exact) mass is 142 g/mol. The standard InChI is InChI=1S/C8H18N2/c1-3-10(4-2)8-5-6-9-7-8/h8-9H,3-7H2,1-2H3/t8-/m1/s1. The number of nitrogens with one attached hydrogen (secondary N) is 1. The molecule has 1 atom stereocenters. The summed E-state index contributed by atoms with van der Waals surface area (Å²) >= 11 is 0. The summed E-state index contributed by atoms with van der Waals surface area (Å²) < 4.78 is 0. The van der Waals surface area contributed by atoms with Crippen molar-refractivity contribution in [3.05, 3.63) is 0 Å². The summed E-state index contributed by atoms with van der Waals surface area (Å²) in [6, 6.07) is 0.815. The molecule has 0 bridgehead atoms. The van der Waals surface area contributed by atoms with Gasteiger partial charge in [-0.05, 0) is 26.1 Å². The van der Waals surface area contributed by atoms with E-state index in [1.165, 1.54) is 32.6 Å². The Kier molecular flexibility index (Phi) is 3.16. The highest BCUT2D eigenvalue weighted by atomic mass is 15.2. The Balaban J connectivity index is 2.29. The van der Waals surface area contributed by atoms with E-state index in [-0.39, 0.29) is 0 Å². The van der Waals surface area contributed by atoms with Crippen LogP contribution in [-0.2, 0) is 0 Å². The van der Waals surface area contributed by atoms with E-state index in [1.807, 2.05) is 0 Å². The van der Waals surface area contributed by atoms with Crippen LogP contribution in [0.2, 0.25) is 0 Å². The zero-order chi connectivity index (χ0) is 7.40. The molecule has 1 rings (SSSR count). The molecule has 1 aliphatic rings. The summed E-state index contributed by atoms with van der Waals surface area (Å²) in [5.41, 5.74) is 0. The number of hydrogen-bond acceptors (Lipinski definition) is 2. The van der Waals surface area contributed by atoms with Crippen LogP contribution in [0, 0.1) is 0 Å². The fraction of sp³-hybridized carbons (Fsp3) is 1.00. The van der Waals surface area contributed by atoms with Gasteiger partial charge in [-0.1, -0.05) is 13.8 Å². The molecule has 0 aromatic heterocycles. The SMILES string of the molecule is CCN(CC)[C@@H]1CCNC1. The van der Waals surface area contributed by atoms with Gasteiger partial charge in [0, 0.05) is 12.6 Å². The lowest BCUT2D eigenvalue weighted by Gasteiger charge is -2.24. The van der Waals surface area contributed by atoms with Gasteiger partial charge in [0.2, 0.25) is 0 Å². The maximum absolute atomic E-state index is 3.38. The largest absolute Gasteiger partial charge is 0.315 e. The number of likely N-dealkylation sites (N-methyl/N-ethyl adjacent to an activating group) is 1. The molecule has 0 aromatic carbocycles. The van der Waals surface area contributed by atoms with Crippen LogP contribution >= 0.6 is 0 Å². The first-order chi connectivity index (χ1) is 4.88. The van der Waals surface area contributed by atoms with E-state index >= 15 is 0 Å². The lowest BCUT2D eigenvalue weighted by atomic mass is 10.2. The summed E-state index contributed by atoms with van der Waals surface area (Å²) in [6.07, 6.45) is 1.34. The van der Waals surface area contributed by atoms with Crippen LogP contribution in [0.25, 0.3) is 0 Å².